The van der Waals surface area contributed by atoms with Gasteiger partial charge in [0.25, 0.3) is 5.56 Å². The smallest absolute Gasteiger partial charge is 0.295 e. The predicted molar refractivity (Wildman–Crippen MR) is 82.5 cm³/mol. The maximum atomic E-state index is 13.7. The zero-order chi connectivity index (χ0) is 18.2. The highest BCUT2D eigenvalue weighted by Crippen LogP contribution is 2.23. The number of rotatable bonds is 3. The van der Waals surface area contributed by atoms with Crippen LogP contribution in [0.25, 0.3) is 6.08 Å². The van der Waals surface area contributed by atoms with Crippen molar-refractivity contribution in [2.45, 2.75) is 6.54 Å². The molecule has 1 heterocycles. The Bertz CT molecular complexity index is 935. The van der Waals surface area contributed by atoms with E-state index in [1.54, 1.807) is 0 Å². The van der Waals surface area contributed by atoms with E-state index < -0.39 is 52.4 Å². The fourth-order valence-corrected chi connectivity index (χ4v) is 2.32. The van der Waals surface area contributed by atoms with E-state index in [9.17, 15) is 31.5 Å². The summed E-state index contributed by atoms with van der Waals surface area (Å²) in [6.07, 6.45) is 2.15. The van der Waals surface area contributed by atoms with Crippen LogP contribution >= 0.6 is 31.9 Å². The molecule has 0 aliphatic carbocycles. The molecule has 0 atom stereocenters. The Morgan fingerprint density at radius 1 is 1.00 bits per heavy atom. The van der Waals surface area contributed by atoms with Gasteiger partial charge in [-0.3, -0.25) is 14.3 Å². The Morgan fingerprint density at radius 2 is 1.50 bits per heavy atom. The Balaban J connectivity index is 2.64. The predicted octanol–water partition coefficient (Wildman–Crippen LogP) is 3.37. The van der Waals surface area contributed by atoms with Gasteiger partial charge in [-0.1, -0.05) is 0 Å². The SMILES string of the molecule is O=c1[nH]c(=O)n(Cc2c(F)c(F)c(F)c(F)c2F)cc1C=C(Br)Br. The van der Waals surface area contributed by atoms with Gasteiger partial charge >= 0.3 is 5.69 Å². The normalized spacial score (nSPS) is 10.8. The number of hydrogen-bond acceptors (Lipinski definition) is 2. The maximum absolute atomic E-state index is 13.7. The molecule has 0 unspecified atom stereocenters. The Kier molecular flexibility index (Phi) is 5.43. The highest BCUT2D eigenvalue weighted by atomic mass is 79.9. The Hall–Kier alpha value is -1.75. The van der Waals surface area contributed by atoms with Gasteiger partial charge in [0.1, 0.15) is 0 Å². The molecule has 0 aliphatic rings. The number of nitrogens with zero attached hydrogens (tertiary/aromatic N) is 1. The van der Waals surface area contributed by atoms with Gasteiger partial charge in [-0.15, -0.1) is 0 Å². The molecule has 0 fully saturated rings. The zero-order valence-electron chi connectivity index (χ0n) is 11.3. The fourth-order valence-electron chi connectivity index (χ4n) is 1.82. The third-order valence-corrected chi connectivity index (χ3v) is 3.39. The molecule has 0 bridgehead atoms. The van der Waals surface area contributed by atoms with Crippen LogP contribution in [0.15, 0.2) is 19.2 Å². The topological polar surface area (TPSA) is 54.9 Å². The lowest BCUT2D eigenvalue weighted by molar-refractivity contribution is 0.367. The van der Waals surface area contributed by atoms with Crippen LogP contribution in [0.3, 0.4) is 0 Å². The fraction of sp³-hybridized carbons (Fsp3) is 0.0769. The lowest BCUT2D eigenvalue weighted by Crippen LogP contribution is -2.31. The summed E-state index contributed by atoms with van der Waals surface area (Å²) < 4.78 is 67.7. The van der Waals surface area contributed by atoms with Gasteiger partial charge in [0.2, 0.25) is 5.82 Å². The number of nitrogens with one attached hydrogen (secondary N) is 1. The van der Waals surface area contributed by atoms with Gasteiger partial charge in [-0.2, -0.15) is 0 Å². The third kappa shape index (κ3) is 3.51. The summed E-state index contributed by atoms with van der Waals surface area (Å²) in [6, 6.07) is 0. The Labute approximate surface area is 146 Å². The quantitative estimate of drug-likeness (QED) is 0.420. The second-order valence-corrected chi connectivity index (χ2v) is 7.23. The second kappa shape index (κ2) is 7.01. The molecule has 1 N–H and O–H groups in total. The molecule has 128 valence electrons. The largest absolute Gasteiger partial charge is 0.328 e. The molecule has 0 aliphatic heterocycles. The van der Waals surface area contributed by atoms with Gasteiger partial charge in [-0.05, 0) is 37.9 Å². The molecule has 2 aromatic rings. The molecule has 24 heavy (non-hydrogen) atoms. The van der Waals surface area contributed by atoms with Crippen LogP contribution < -0.4 is 11.2 Å². The molecule has 4 nitrogen and oxygen atoms in total. The number of H-pyrrole nitrogens is 1. The van der Waals surface area contributed by atoms with Crippen molar-refractivity contribution in [1.82, 2.24) is 9.55 Å². The van der Waals surface area contributed by atoms with Crippen LogP contribution in [-0.2, 0) is 6.54 Å². The van der Waals surface area contributed by atoms with Crippen molar-refractivity contribution < 1.29 is 22.0 Å². The zero-order valence-corrected chi connectivity index (χ0v) is 14.4. The summed E-state index contributed by atoms with van der Waals surface area (Å²) in [5.41, 5.74) is -3.17. The first kappa shape index (κ1) is 18.6. The molecule has 2 rings (SSSR count). The monoisotopic (exact) mass is 474 g/mol. The average Bonchev–Trinajstić information content (AvgIpc) is 2.51. The van der Waals surface area contributed by atoms with Crippen LogP contribution in [0, 0.1) is 29.1 Å². The molecule has 0 radical (unpaired) electrons. The minimum Gasteiger partial charge on any atom is -0.295 e. The summed E-state index contributed by atoms with van der Waals surface area (Å²) in [5.74, 6) is -10.6. The minimum absolute atomic E-state index is 0.0952. The first-order chi connectivity index (χ1) is 11.1. The molecular formula is C13H5Br2F5N2O2. The lowest BCUT2D eigenvalue weighted by Gasteiger charge is -2.10. The molecule has 1 aromatic carbocycles. The van der Waals surface area contributed by atoms with E-state index in [0.717, 1.165) is 6.20 Å². The van der Waals surface area contributed by atoms with E-state index in [-0.39, 0.29) is 5.56 Å². The van der Waals surface area contributed by atoms with E-state index >= 15 is 0 Å². The number of hydrogen-bond donors (Lipinski definition) is 1. The molecule has 11 heteroatoms. The van der Waals surface area contributed by atoms with E-state index in [4.69, 9.17) is 0 Å². The molecule has 0 saturated carbocycles. The minimum atomic E-state index is -2.30. The summed E-state index contributed by atoms with van der Waals surface area (Å²) in [4.78, 5) is 25.2. The number of halogens is 7. The van der Waals surface area contributed by atoms with E-state index in [1.807, 2.05) is 4.98 Å². The van der Waals surface area contributed by atoms with Crippen molar-refractivity contribution in [3.63, 3.8) is 0 Å². The standard InChI is InChI=1S/C13H5Br2F5N2O2/c14-6(15)1-4-2-22(13(24)21-12(4)23)3-5-7(16)9(18)11(20)10(19)8(5)17/h1-2H,3H2,(H,21,23,24). The molecule has 1 aromatic heterocycles. The molecule has 0 spiro atoms. The summed E-state index contributed by atoms with van der Waals surface area (Å²) >= 11 is 5.96. The van der Waals surface area contributed by atoms with Gasteiger partial charge in [0.15, 0.2) is 23.3 Å². The van der Waals surface area contributed by atoms with Gasteiger partial charge in [0, 0.05) is 11.8 Å². The van der Waals surface area contributed by atoms with Gasteiger partial charge < -0.3 is 0 Å². The molecule has 0 amide bonds. The molecular weight excluding hydrogens is 471 g/mol. The number of benzene rings is 1. The van der Waals surface area contributed by atoms with Crippen LogP contribution in [0.5, 0.6) is 0 Å². The van der Waals surface area contributed by atoms with Crippen molar-refractivity contribution in [3.8, 4) is 0 Å². The molecule has 0 saturated heterocycles. The lowest BCUT2D eigenvalue weighted by atomic mass is 10.1. The van der Waals surface area contributed by atoms with Crippen molar-refractivity contribution >= 4 is 37.9 Å². The van der Waals surface area contributed by atoms with Crippen LogP contribution in [0.1, 0.15) is 11.1 Å². The first-order valence-electron chi connectivity index (χ1n) is 6.00. The van der Waals surface area contributed by atoms with Crippen LogP contribution in [-0.4, -0.2) is 9.55 Å². The van der Waals surface area contributed by atoms with Crippen molar-refractivity contribution in [3.05, 3.63) is 70.6 Å². The van der Waals surface area contributed by atoms with Crippen LogP contribution in [0.4, 0.5) is 22.0 Å². The summed E-state index contributed by atoms with van der Waals surface area (Å²) in [7, 11) is 0. The third-order valence-electron chi connectivity index (χ3n) is 2.93. The van der Waals surface area contributed by atoms with Crippen molar-refractivity contribution in [2.75, 3.05) is 0 Å². The number of aromatic nitrogens is 2. The average molecular weight is 476 g/mol. The van der Waals surface area contributed by atoms with Gasteiger partial charge in [0.05, 0.1) is 15.5 Å². The maximum Gasteiger partial charge on any atom is 0.328 e. The summed E-state index contributed by atoms with van der Waals surface area (Å²) in [5, 5.41) is 0. The van der Waals surface area contributed by atoms with E-state index in [1.165, 1.54) is 6.08 Å². The van der Waals surface area contributed by atoms with Crippen LogP contribution in [0.2, 0.25) is 0 Å². The van der Waals surface area contributed by atoms with Crippen molar-refractivity contribution in [2.24, 2.45) is 0 Å². The first-order valence-corrected chi connectivity index (χ1v) is 7.58. The van der Waals surface area contributed by atoms with E-state index in [2.05, 4.69) is 31.9 Å². The van der Waals surface area contributed by atoms with E-state index in [0.29, 0.717) is 7.96 Å². The highest BCUT2D eigenvalue weighted by molar-refractivity contribution is 9.28. The summed E-state index contributed by atoms with van der Waals surface area (Å²) in [6.45, 7) is -0.970. The highest BCUT2D eigenvalue weighted by Gasteiger charge is 2.26. The Morgan fingerprint density at radius 3 is 2.00 bits per heavy atom. The van der Waals surface area contributed by atoms with Crippen molar-refractivity contribution in [1.29, 1.82) is 0 Å². The number of aromatic amines is 1. The second-order valence-electron chi connectivity index (χ2n) is 4.45. The van der Waals surface area contributed by atoms with Gasteiger partial charge in [-0.25, -0.2) is 26.7 Å².